The molecular formula is C30H12F12N4O2. The molecule has 2 amide bonds. The maximum Gasteiger partial charge on any atom is 0.418 e. The summed E-state index contributed by atoms with van der Waals surface area (Å²) in [5.74, 6) is -2.08. The van der Waals surface area contributed by atoms with E-state index in [1.807, 2.05) is 0 Å². The van der Waals surface area contributed by atoms with Gasteiger partial charge in [-0.05, 0) is 36.4 Å². The Balaban J connectivity index is 1.32. The van der Waals surface area contributed by atoms with E-state index in [4.69, 9.17) is 0 Å². The Bertz CT molecular complexity index is 2010. The fourth-order valence-electron chi connectivity index (χ4n) is 6.90. The van der Waals surface area contributed by atoms with Crippen molar-refractivity contribution in [1.29, 1.82) is 0 Å². The van der Waals surface area contributed by atoms with Crippen molar-refractivity contribution in [2.24, 2.45) is 0 Å². The number of rotatable bonds is 0. The van der Waals surface area contributed by atoms with Crippen molar-refractivity contribution in [2.75, 3.05) is 20.4 Å². The van der Waals surface area contributed by atoms with Crippen LogP contribution in [0.25, 0.3) is 10.8 Å². The van der Waals surface area contributed by atoms with E-state index in [0.717, 1.165) is 12.1 Å². The lowest BCUT2D eigenvalue weighted by atomic mass is 9.84. The highest BCUT2D eigenvalue weighted by Gasteiger charge is 2.51. The normalized spacial score (nSPS) is 19.6. The molecule has 6 nitrogen and oxygen atoms in total. The van der Waals surface area contributed by atoms with Gasteiger partial charge in [0.25, 0.3) is 11.8 Å². The van der Waals surface area contributed by atoms with Crippen molar-refractivity contribution in [3.05, 3.63) is 93.0 Å². The summed E-state index contributed by atoms with van der Waals surface area (Å²) < 4.78 is 166. The van der Waals surface area contributed by atoms with Crippen LogP contribution in [0.3, 0.4) is 0 Å². The average molecular weight is 688 g/mol. The van der Waals surface area contributed by atoms with Crippen LogP contribution in [0.2, 0.25) is 0 Å². The number of nitrogens with zero attached hydrogens (tertiary/aromatic N) is 2. The van der Waals surface area contributed by atoms with E-state index in [0.29, 0.717) is 21.9 Å². The molecule has 0 saturated heterocycles. The molecule has 4 aliphatic rings. The van der Waals surface area contributed by atoms with Crippen LogP contribution in [-0.2, 0) is 24.7 Å². The van der Waals surface area contributed by atoms with Gasteiger partial charge in [-0.1, -0.05) is 12.1 Å². The molecule has 0 bridgehead atoms. The van der Waals surface area contributed by atoms with Crippen LogP contribution in [0.15, 0.2) is 48.5 Å². The molecule has 2 N–H and O–H groups in total. The zero-order valence-electron chi connectivity index (χ0n) is 23.0. The second-order valence-corrected chi connectivity index (χ2v) is 11.4. The molecule has 248 valence electrons. The molecule has 0 radical (unpaired) electrons. The van der Waals surface area contributed by atoms with Gasteiger partial charge in [0.2, 0.25) is 0 Å². The number of benzene rings is 4. The van der Waals surface area contributed by atoms with E-state index in [1.54, 1.807) is 0 Å². The third kappa shape index (κ3) is 3.91. The molecule has 48 heavy (non-hydrogen) atoms. The largest absolute Gasteiger partial charge is 0.418 e. The highest BCUT2D eigenvalue weighted by molar-refractivity contribution is 6.26. The summed E-state index contributed by atoms with van der Waals surface area (Å²) in [4.78, 5) is 29.1. The monoisotopic (exact) mass is 688 g/mol. The number of fused-ring (bicyclic) bond motifs is 8. The Hall–Kier alpha value is -5.16. The zero-order valence-corrected chi connectivity index (χ0v) is 23.0. The van der Waals surface area contributed by atoms with Gasteiger partial charge in [0.05, 0.1) is 45.0 Å². The minimum atomic E-state index is -5.28. The van der Waals surface area contributed by atoms with Crippen molar-refractivity contribution in [3.63, 3.8) is 0 Å². The average Bonchev–Trinajstić information content (AvgIpc) is 3.55. The molecule has 18 heteroatoms. The van der Waals surface area contributed by atoms with E-state index >= 15 is 0 Å². The summed E-state index contributed by atoms with van der Waals surface area (Å²) in [5.41, 5.74) is -10.1. The number of nitrogens with one attached hydrogen (secondary N) is 2. The lowest BCUT2D eigenvalue weighted by Crippen LogP contribution is -2.41. The highest BCUT2D eigenvalue weighted by atomic mass is 19.4. The number of hydrogen-bond acceptors (Lipinski definition) is 4. The Kier molecular flexibility index (Phi) is 5.56. The summed E-state index contributed by atoms with van der Waals surface area (Å²) in [6.45, 7) is 0. The number of carbonyl (C=O) groups excluding carboxylic acids is 2. The number of alkyl halides is 12. The van der Waals surface area contributed by atoms with Crippen LogP contribution in [0.1, 0.15) is 66.4 Å². The fourth-order valence-corrected chi connectivity index (χ4v) is 6.90. The van der Waals surface area contributed by atoms with Crippen LogP contribution >= 0.6 is 0 Å². The smallest absolute Gasteiger partial charge is 0.359 e. The summed E-state index contributed by atoms with van der Waals surface area (Å²) in [6, 6.07) is 5.33. The fraction of sp³-hybridized carbons (Fsp3) is 0.200. The molecule has 0 aromatic heterocycles. The van der Waals surface area contributed by atoms with Crippen LogP contribution < -0.4 is 20.4 Å². The molecule has 2 atom stereocenters. The summed E-state index contributed by atoms with van der Waals surface area (Å²) in [5, 5.41) is 4.95. The quantitative estimate of drug-likeness (QED) is 0.181. The lowest BCUT2D eigenvalue weighted by molar-refractivity contribution is -0.144. The first-order valence-corrected chi connectivity index (χ1v) is 13.6. The maximum absolute atomic E-state index is 14.0. The second-order valence-electron chi connectivity index (χ2n) is 11.4. The molecule has 4 heterocycles. The van der Waals surface area contributed by atoms with E-state index in [9.17, 15) is 62.3 Å². The van der Waals surface area contributed by atoms with Gasteiger partial charge in [-0.15, -0.1) is 0 Å². The molecule has 2 unspecified atom stereocenters. The molecule has 4 aromatic rings. The topological polar surface area (TPSA) is 64.7 Å². The molecule has 4 aromatic carbocycles. The Morgan fingerprint density at radius 3 is 1.17 bits per heavy atom. The van der Waals surface area contributed by atoms with Gasteiger partial charge in [0.15, 0.2) is 0 Å². The van der Waals surface area contributed by atoms with Crippen molar-refractivity contribution in [2.45, 2.75) is 37.0 Å². The first kappa shape index (κ1) is 30.2. The maximum atomic E-state index is 14.0. The minimum absolute atomic E-state index is 0.0149. The first-order chi connectivity index (χ1) is 22.2. The standard InChI is InChI=1S/C30H12F12N4O2/c31-27(32,33)9-5-15(29(37,38)39)21-17(7-9)45-23(43-21)11-1-3-13-20-12(2-4-14(19(11)20)26(45)48)24-44-22-16(30(40,41)42)6-10(28(34,35)36)8-18(22)46(24)25(13)47/h1-8,23-24,43-44H. The molecular weight excluding hydrogens is 676 g/mol. The highest BCUT2D eigenvalue weighted by Crippen LogP contribution is 2.57. The van der Waals surface area contributed by atoms with Crippen LogP contribution in [0, 0.1) is 0 Å². The third-order valence-corrected chi connectivity index (χ3v) is 8.81. The Morgan fingerprint density at radius 2 is 0.854 bits per heavy atom. The van der Waals surface area contributed by atoms with Crippen molar-refractivity contribution in [3.8, 4) is 0 Å². The van der Waals surface area contributed by atoms with Crippen LogP contribution in [0.5, 0.6) is 0 Å². The van der Waals surface area contributed by atoms with Crippen molar-refractivity contribution in [1.82, 2.24) is 0 Å². The molecule has 4 aliphatic heterocycles. The summed E-state index contributed by atoms with van der Waals surface area (Å²) in [6.07, 6.45) is -24.0. The van der Waals surface area contributed by atoms with Gasteiger partial charge in [0.1, 0.15) is 12.3 Å². The van der Waals surface area contributed by atoms with Crippen LogP contribution in [-0.4, -0.2) is 11.8 Å². The van der Waals surface area contributed by atoms with Crippen LogP contribution in [0.4, 0.5) is 75.4 Å². The Labute approximate surface area is 258 Å². The number of amides is 2. The number of carbonyl (C=O) groups is 2. The van der Waals surface area contributed by atoms with E-state index in [2.05, 4.69) is 10.6 Å². The molecule has 0 aliphatic carbocycles. The van der Waals surface area contributed by atoms with Gasteiger partial charge in [-0.3, -0.25) is 19.4 Å². The van der Waals surface area contributed by atoms with E-state index in [1.165, 1.54) is 12.1 Å². The molecule has 8 rings (SSSR count). The first-order valence-electron chi connectivity index (χ1n) is 13.6. The lowest BCUT2D eigenvalue weighted by Gasteiger charge is -2.36. The molecule has 0 spiro atoms. The van der Waals surface area contributed by atoms with Gasteiger partial charge in [-0.2, -0.15) is 52.7 Å². The SMILES string of the molecule is O=C1c2ccc3c4c(ccc(c24)C2Nc4c(cc(C(F)(F)F)cc4C(F)(F)F)N12)C(=O)N1c2cc(C(F)(F)F)cc(C(F)(F)F)c2NC31. The van der Waals surface area contributed by atoms with Crippen molar-refractivity contribution >= 4 is 45.3 Å². The zero-order chi connectivity index (χ0) is 34.6. The molecule has 0 saturated carbocycles. The Morgan fingerprint density at radius 1 is 0.500 bits per heavy atom. The van der Waals surface area contributed by atoms with Gasteiger partial charge >= 0.3 is 24.7 Å². The predicted molar refractivity (Wildman–Crippen MR) is 143 cm³/mol. The minimum Gasteiger partial charge on any atom is -0.359 e. The van der Waals surface area contributed by atoms with Gasteiger partial charge in [-0.25, -0.2) is 0 Å². The van der Waals surface area contributed by atoms with Gasteiger partial charge < -0.3 is 10.6 Å². The number of hydrogen-bond donors (Lipinski definition) is 2. The van der Waals surface area contributed by atoms with Crippen molar-refractivity contribution < 1.29 is 62.3 Å². The van der Waals surface area contributed by atoms with E-state index in [-0.39, 0.29) is 45.2 Å². The summed E-state index contributed by atoms with van der Waals surface area (Å²) >= 11 is 0. The third-order valence-electron chi connectivity index (χ3n) is 8.81. The van der Waals surface area contributed by atoms with E-state index < -0.39 is 93.9 Å². The summed E-state index contributed by atoms with van der Waals surface area (Å²) in [7, 11) is 0. The number of anilines is 4. The molecule has 0 fully saturated rings. The predicted octanol–water partition coefficient (Wildman–Crippen LogP) is 9.08. The second kappa shape index (κ2) is 8.84. The van der Waals surface area contributed by atoms with Gasteiger partial charge in [0, 0.05) is 33.0 Å². The number of halogens is 12.